The Bertz CT molecular complexity index is 565. The highest BCUT2D eigenvalue weighted by molar-refractivity contribution is 5.96. The Labute approximate surface area is 131 Å². The molecule has 5 heteroatoms. The molecule has 5 nitrogen and oxygen atoms in total. The van der Waals surface area contributed by atoms with Crippen molar-refractivity contribution in [3.63, 3.8) is 0 Å². The fraction of sp³-hybridized carbons (Fsp3) is 0.412. The van der Waals surface area contributed by atoms with E-state index in [2.05, 4.69) is 37.3 Å². The molecule has 1 atom stereocenters. The van der Waals surface area contributed by atoms with Crippen LogP contribution in [-0.2, 0) is 10.2 Å². The summed E-state index contributed by atoms with van der Waals surface area (Å²) >= 11 is 0. The largest absolute Gasteiger partial charge is 0.393 e. The molecule has 3 N–H and O–H groups in total. The second-order valence-corrected chi connectivity index (χ2v) is 5.98. The maximum absolute atomic E-state index is 12.0. The maximum Gasteiger partial charge on any atom is 0.251 e. The molecule has 0 bridgehead atoms. The zero-order chi connectivity index (χ0) is 16.8. The highest BCUT2D eigenvalue weighted by Crippen LogP contribution is 2.22. The zero-order valence-electron chi connectivity index (χ0n) is 13.1. The number of carbonyl (C=O) groups is 2. The van der Waals surface area contributed by atoms with Crippen LogP contribution < -0.4 is 10.6 Å². The van der Waals surface area contributed by atoms with Crippen LogP contribution in [0.2, 0.25) is 0 Å². The van der Waals surface area contributed by atoms with Crippen LogP contribution >= 0.6 is 0 Å². The van der Waals surface area contributed by atoms with E-state index >= 15 is 0 Å². The molecule has 2 amide bonds. The van der Waals surface area contributed by atoms with Gasteiger partial charge >= 0.3 is 0 Å². The summed E-state index contributed by atoms with van der Waals surface area (Å²) in [6, 6.07) is 6.51. The van der Waals surface area contributed by atoms with E-state index in [1.54, 1.807) is 12.1 Å². The first kappa shape index (κ1) is 17.7. The molecule has 0 radical (unpaired) electrons. The van der Waals surface area contributed by atoms with E-state index in [1.807, 2.05) is 12.1 Å². The summed E-state index contributed by atoms with van der Waals surface area (Å²) in [6.45, 7) is 5.74. The van der Waals surface area contributed by atoms with E-state index in [-0.39, 0.29) is 24.5 Å². The predicted octanol–water partition coefficient (Wildman–Crippen LogP) is 0.824. The van der Waals surface area contributed by atoms with Crippen molar-refractivity contribution in [1.82, 2.24) is 10.6 Å². The third-order valence-corrected chi connectivity index (χ3v) is 3.14. The number of aliphatic hydroxyl groups is 1. The molecule has 0 saturated carbocycles. The Hall–Kier alpha value is -2.32. The zero-order valence-corrected chi connectivity index (χ0v) is 13.1. The van der Waals surface area contributed by atoms with Crippen LogP contribution in [0, 0.1) is 12.3 Å². The minimum absolute atomic E-state index is 0.0173. The molecule has 118 valence electrons. The van der Waals surface area contributed by atoms with Crippen molar-refractivity contribution < 1.29 is 14.7 Å². The van der Waals surface area contributed by atoms with E-state index in [0.29, 0.717) is 5.56 Å². The number of aliphatic hydroxyl groups excluding tert-OH is 1. The molecule has 0 fully saturated rings. The van der Waals surface area contributed by atoms with Crippen LogP contribution in [-0.4, -0.2) is 36.1 Å². The van der Waals surface area contributed by atoms with Crippen LogP contribution in [0.25, 0.3) is 0 Å². The summed E-state index contributed by atoms with van der Waals surface area (Å²) < 4.78 is 0. The Morgan fingerprint density at radius 2 is 1.86 bits per heavy atom. The molecule has 1 aromatic carbocycles. The molecular weight excluding hydrogens is 280 g/mol. The highest BCUT2D eigenvalue weighted by Gasteiger charge is 2.15. The van der Waals surface area contributed by atoms with Crippen molar-refractivity contribution in [2.75, 3.05) is 13.2 Å². The lowest BCUT2D eigenvalue weighted by Crippen LogP contribution is -2.42. The Kier molecular flexibility index (Phi) is 6.14. The molecule has 0 aliphatic carbocycles. The Balaban J connectivity index is 2.56. The summed E-state index contributed by atoms with van der Waals surface area (Å²) in [5, 5.41) is 13.8. The van der Waals surface area contributed by atoms with Gasteiger partial charge in [0.2, 0.25) is 5.91 Å². The normalized spacial score (nSPS) is 12.1. The van der Waals surface area contributed by atoms with Crippen molar-refractivity contribution in [1.29, 1.82) is 0 Å². The second kappa shape index (κ2) is 7.62. The Morgan fingerprint density at radius 3 is 2.32 bits per heavy atom. The number of hydrogen-bond donors (Lipinski definition) is 3. The van der Waals surface area contributed by atoms with E-state index in [1.165, 1.54) is 0 Å². The van der Waals surface area contributed by atoms with Gasteiger partial charge in [-0.25, -0.2) is 0 Å². The number of nitrogens with one attached hydrogen (secondary N) is 2. The number of amides is 2. The summed E-state index contributed by atoms with van der Waals surface area (Å²) in [5.41, 5.74) is 1.63. The van der Waals surface area contributed by atoms with Gasteiger partial charge in [0.05, 0.1) is 13.2 Å². The lowest BCUT2D eigenvalue weighted by Gasteiger charge is -2.19. The van der Waals surface area contributed by atoms with E-state index < -0.39 is 11.9 Å². The third-order valence-electron chi connectivity index (χ3n) is 3.14. The minimum atomic E-state index is -0.740. The molecule has 0 spiro atoms. The maximum atomic E-state index is 12.0. The SMILES string of the molecule is C#C[C@H](CO)NC(=O)CNC(=O)c1ccc(C(C)(C)C)cc1. The topological polar surface area (TPSA) is 78.4 Å². The van der Waals surface area contributed by atoms with Crippen LogP contribution in [0.4, 0.5) is 0 Å². The monoisotopic (exact) mass is 302 g/mol. The van der Waals surface area contributed by atoms with Crippen molar-refractivity contribution in [3.8, 4) is 12.3 Å². The van der Waals surface area contributed by atoms with Crippen LogP contribution in [0.5, 0.6) is 0 Å². The van der Waals surface area contributed by atoms with E-state index in [0.717, 1.165) is 5.56 Å². The lowest BCUT2D eigenvalue weighted by molar-refractivity contribution is -0.120. The fourth-order valence-corrected chi connectivity index (χ4v) is 1.77. The molecule has 22 heavy (non-hydrogen) atoms. The Morgan fingerprint density at radius 1 is 1.27 bits per heavy atom. The molecule has 0 unspecified atom stereocenters. The summed E-state index contributed by atoms with van der Waals surface area (Å²) in [7, 11) is 0. The smallest absolute Gasteiger partial charge is 0.251 e. The summed E-state index contributed by atoms with van der Waals surface area (Å²) in [5.74, 6) is 1.44. The van der Waals surface area contributed by atoms with Gasteiger partial charge in [-0.2, -0.15) is 0 Å². The van der Waals surface area contributed by atoms with Crippen LogP contribution in [0.3, 0.4) is 0 Å². The minimum Gasteiger partial charge on any atom is -0.393 e. The predicted molar refractivity (Wildman–Crippen MR) is 85.3 cm³/mol. The van der Waals surface area contributed by atoms with Crippen molar-refractivity contribution in [2.45, 2.75) is 32.2 Å². The number of benzene rings is 1. The van der Waals surface area contributed by atoms with Gasteiger partial charge in [0.25, 0.3) is 5.91 Å². The number of terminal acetylenes is 1. The van der Waals surface area contributed by atoms with Crippen LogP contribution in [0.1, 0.15) is 36.7 Å². The van der Waals surface area contributed by atoms with E-state index in [4.69, 9.17) is 11.5 Å². The van der Waals surface area contributed by atoms with Gasteiger partial charge in [-0.05, 0) is 23.1 Å². The van der Waals surface area contributed by atoms with Gasteiger partial charge in [-0.3, -0.25) is 9.59 Å². The molecule has 0 aliphatic rings. The summed E-state index contributed by atoms with van der Waals surface area (Å²) in [6.07, 6.45) is 5.12. The molecule has 0 heterocycles. The molecule has 0 aromatic heterocycles. The molecule has 1 rings (SSSR count). The first-order chi connectivity index (χ1) is 10.3. The van der Waals surface area contributed by atoms with Gasteiger partial charge < -0.3 is 15.7 Å². The van der Waals surface area contributed by atoms with Crippen molar-refractivity contribution in [2.24, 2.45) is 0 Å². The van der Waals surface area contributed by atoms with E-state index in [9.17, 15) is 9.59 Å². The third kappa shape index (κ3) is 5.23. The van der Waals surface area contributed by atoms with Crippen LogP contribution in [0.15, 0.2) is 24.3 Å². The molecule has 1 aromatic rings. The van der Waals surface area contributed by atoms with Gasteiger partial charge in [-0.15, -0.1) is 6.42 Å². The number of rotatable bonds is 5. The summed E-state index contributed by atoms with van der Waals surface area (Å²) in [4.78, 5) is 23.5. The van der Waals surface area contributed by atoms with Crippen molar-refractivity contribution in [3.05, 3.63) is 35.4 Å². The van der Waals surface area contributed by atoms with Gasteiger partial charge in [0.1, 0.15) is 6.04 Å². The number of hydrogen-bond acceptors (Lipinski definition) is 3. The van der Waals surface area contributed by atoms with Gasteiger partial charge in [0, 0.05) is 5.56 Å². The lowest BCUT2D eigenvalue weighted by atomic mass is 9.87. The van der Waals surface area contributed by atoms with Crippen molar-refractivity contribution >= 4 is 11.8 Å². The standard InChI is InChI=1S/C17H22N2O3/c1-5-14(11-20)19-15(21)10-18-16(22)12-6-8-13(9-7-12)17(2,3)4/h1,6-9,14,20H,10-11H2,2-4H3,(H,18,22)(H,19,21)/t14-/m1/s1. The van der Waals surface area contributed by atoms with Gasteiger partial charge in [0.15, 0.2) is 0 Å². The first-order valence-corrected chi connectivity index (χ1v) is 7.03. The number of carbonyl (C=O) groups excluding carboxylic acids is 2. The average Bonchev–Trinajstić information content (AvgIpc) is 2.49. The molecule has 0 saturated heterocycles. The fourth-order valence-electron chi connectivity index (χ4n) is 1.77. The second-order valence-electron chi connectivity index (χ2n) is 5.98. The molecular formula is C17H22N2O3. The van der Waals surface area contributed by atoms with Gasteiger partial charge in [-0.1, -0.05) is 38.8 Å². The molecule has 0 aliphatic heterocycles. The average molecular weight is 302 g/mol. The quantitative estimate of drug-likeness (QED) is 0.705. The highest BCUT2D eigenvalue weighted by atomic mass is 16.3. The first-order valence-electron chi connectivity index (χ1n) is 7.03.